The second-order valence-corrected chi connectivity index (χ2v) is 10.8. The highest BCUT2D eigenvalue weighted by atomic mass is 32.2. The van der Waals surface area contributed by atoms with Crippen LogP contribution in [0.4, 0.5) is 10.2 Å². The first-order chi connectivity index (χ1) is 18.4. The van der Waals surface area contributed by atoms with Crippen LogP contribution in [0.3, 0.4) is 0 Å². The third kappa shape index (κ3) is 8.93. The molecule has 2 aliphatic rings. The Kier molecular flexibility index (Phi) is 12.8. The Hall–Kier alpha value is -2.20. The number of fused-ring (bicyclic) bond motifs is 1. The number of amides is 1. The molecule has 1 aromatic heterocycles. The zero-order chi connectivity index (χ0) is 27.3. The maximum Gasteiger partial charge on any atom is 0.351 e. The van der Waals surface area contributed by atoms with Crippen LogP contribution in [0, 0.1) is 23.1 Å². The van der Waals surface area contributed by atoms with E-state index in [1.807, 2.05) is 6.07 Å². The molecule has 2 aliphatic heterocycles. The van der Waals surface area contributed by atoms with Gasteiger partial charge >= 0.3 is 17.1 Å². The molecule has 5 atom stereocenters. The summed E-state index contributed by atoms with van der Waals surface area (Å²) in [6, 6.07) is 1.96. The van der Waals surface area contributed by atoms with Gasteiger partial charge in [-0.15, -0.1) is 0 Å². The number of rotatable bonds is 16. The van der Waals surface area contributed by atoms with Crippen LogP contribution >= 0.6 is 0 Å². The number of nitriles is 1. The summed E-state index contributed by atoms with van der Waals surface area (Å²) < 4.78 is 42.7. The second kappa shape index (κ2) is 16.0. The lowest BCUT2D eigenvalue weighted by molar-refractivity contribution is -0.116. The lowest BCUT2D eigenvalue weighted by Crippen LogP contribution is -2.39. The van der Waals surface area contributed by atoms with E-state index < -0.39 is 58.9 Å². The Labute approximate surface area is 226 Å². The minimum atomic E-state index is -2.03. The molecule has 212 valence electrons. The van der Waals surface area contributed by atoms with E-state index in [1.165, 1.54) is 57.8 Å². The quantitative estimate of drug-likeness (QED) is 0.287. The smallest absolute Gasteiger partial charge is 0.348 e. The van der Waals surface area contributed by atoms with Gasteiger partial charge in [-0.1, -0.05) is 84.0 Å². The van der Waals surface area contributed by atoms with Crippen molar-refractivity contribution in [2.45, 2.75) is 115 Å². The second-order valence-electron chi connectivity index (χ2n) is 9.94. The Morgan fingerprint density at radius 2 is 1.74 bits per heavy atom. The first-order valence-electron chi connectivity index (χ1n) is 13.8. The van der Waals surface area contributed by atoms with Crippen molar-refractivity contribution < 1.29 is 26.5 Å². The molecule has 0 radical (unpaired) electrons. The Bertz CT molecular complexity index is 1030. The molecule has 10 nitrogen and oxygen atoms in total. The zero-order valence-electron chi connectivity index (χ0n) is 22.1. The van der Waals surface area contributed by atoms with Crippen molar-refractivity contribution in [3.63, 3.8) is 0 Å². The molecule has 1 amide bonds. The van der Waals surface area contributed by atoms with Gasteiger partial charge in [0, 0.05) is 6.42 Å². The maximum absolute atomic E-state index is 14.7. The SMILES string of the molecule is CCCCCCCCCCCCCCCC(=O)Nc1nc(=O)n([C@@H]2O[C@@H]3COS(=O)O[C@H]3[C@@H]2C#N)cc1F. The lowest BCUT2D eigenvalue weighted by atomic mass is 10.0. The van der Waals surface area contributed by atoms with E-state index in [-0.39, 0.29) is 13.0 Å². The molecule has 2 fully saturated rings. The standard InChI is InChI=1S/C26H39FN4O6S/c1-2-3-4-5-6-7-8-9-10-11-12-13-14-15-22(32)29-24-20(27)17-31(26(33)30-24)25-19(16-28)23-21(36-25)18-35-38(34)37-23/h17,19,21,23,25H,2-15,18H2,1H3,(H,29,30,32,33)/t19-,21+,23-,25+,38?/m0/s1. The summed E-state index contributed by atoms with van der Waals surface area (Å²) in [4.78, 5) is 28.5. The fourth-order valence-electron chi connectivity index (χ4n) is 4.82. The molecule has 12 heteroatoms. The summed E-state index contributed by atoms with van der Waals surface area (Å²) in [7, 11) is 0. The van der Waals surface area contributed by atoms with Crippen LogP contribution in [0.2, 0.25) is 0 Å². The Morgan fingerprint density at radius 3 is 2.34 bits per heavy atom. The summed E-state index contributed by atoms with van der Waals surface area (Å²) in [5.74, 6) is -2.83. The van der Waals surface area contributed by atoms with Gasteiger partial charge in [0.1, 0.15) is 18.1 Å². The van der Waals surface area contributed by atoms with Crippen molar-refractivity contribution in [1.29, 1.82) is 5.26 Å². The van der Waals surface area contributed by atoms with Crippen LogP contribution in [0.1, 0.15) is 103 Å². The first kappa shape index (κ1) is 30.3. The molecule has 0 saturated carbocycles. The summed E-state index contributed by atoms with van der Waals surface area (Å²) >= 11 is -2.03. The number of nitrogens with one attached hydrogen (secondary N) is 1. The van der Waals surface area contributed by atoms with E-state index in [9.17, 15) is 23.5 Å². The highest BCUT2D eigenvalue weighted by Crippen LogP contribution is 2.38. The van der Waals surface area contributed by atoms with Gasteiger partial charge in [-0.3, -0.25) is 17.7 Å². The molecule has 1 unspecified atom stereocenters. The monoisotopic (exact) mass is 554 g/mol. The van der Waals surface area contributed by atoms with Crippen molar-refractivity contribution in [1.82, 2.24) is 9.55 Å². The molecule has 0 aliphatic carbocycles. The topological polar surface area (TPSA) is 133 Å². The third-order valence-corrected chi connectivity index (χ3v) is 7.66. The van der Waals surface area contributed by atoms with Gasteiger partial charge in [0.25, 0.3) is 0 Å². The number of carbonyl (C=O) groups excluding carboxylic acids is 1. The van der Waals surface area contributed by atoms with Crippen molar-refractivity contribution in [3.05, 3.63) is 22.5 Å². The average molecular weight is 555 g/mol. The van der Waals surface area contributed by atoms with Crippen molar-refractivity contribution in [3.8, 4) is 6.07 Å². The fraction of sp³-hybridized carbons (Fsp3) is 0.769. The Morgan fingerprint density at radius 1 is 1.13 bits per heavy atom. The van der Waals surface area contributed by atoms with Gasteiger partial charge < -0.3 is 10.1 Å². The number of ether oxygens (including phenoxy) is 1. The number of halogens is 1. The van der Waals surface area contributed by atoms with E-state index in [2.05, 4.69) is 17.2 Å². The minimum absolute atomic E-state index is 0.0933. The number of unbranched alkanes of at least 4 members (excludes halogenated alkanes) is 12. The summed E-state index contributed by atoms with van der Waals surface area (Å²) in [5.41, 5.74) is -0.895. The van der Waals surface area contributed by atoms with Crippen molar-refractivity contribution in [2.24, 2.45) is 5.92 Å². The van der Waals surface area contributed by atoms with Gasteiger partial charge in [0.2, 0.25) is 5.91 Å². The van der Waals surface area contributed by atoms with Crippen LogP contribution in [-0.2, 0) is 29.3 Å². The molecular weight excluding hydrogens is 515 g/mol. The van der Waals surface area contributed by atoms with E-state index in [0.29, 0.717) is 6.42 Å². The molecule has 1 N–H and O–H groups in total. The van der Waals surface area contributed by atoms with Gasteiger partial charge in [-0.25, -0.2) is 9.18 Å². The number of anilines is 1. The molecule has 0 bridgehead atoms. The van der Waals surface area contributed by atoms with Crippen LogP contribution in [0.25, 0.3) is 0 Å². The molecular formula is C26H39FN4O6S. The highest BCUT2D eigenvalue weighted by Gasteiger charge is 2.51. The maximum atomic E-state index is 14.7. The molecule has 38 heavy (non-hydrogen) atoms. The number of nitrogens with zero attached hydrogens (tertiary/aromatic N) is 3. The number of hydrogen-bond donors (Lipinski definition) is 1. The molecule has 3 rings (SSSR count). The number of hydrogen-bond acceptors (Lipinski definition) is 8. The molecule has 0 aromatic carbocycles. The van der Waals surface area contributed by atoms with Gasteiger partial charge in [0.05, 0.1) is 18.9 Å². The van der Waals surface area contributed by atoms with Crippen LogP contribution in [0.5, 0.6) is 0 Å². The van der Waals surface area contributed by atoms with Gasteiger partial charge in [-0.2, -0.15) is 14.5 Å². The molecule has 3 heterocycles. The third-order valence-electron chi connectivity index (χ3n) is 6.96. The Balaban J connectivity index is 1.36. The van der Waals surface area contributed by atoms with E-state index in [1.54, 1.807) is 0 Å². The normalized spacial score (nSPS) is 24.6. The largest absolute Gasteiger partial charge is 0.351 e. The summed E-state index contributed by atoms with van der Waals surface area (Å²) in [6.07, 6.45) is 13.8. The first-order valence-corrected chi connectivity index (χ1v) is 14.8. The molecule has 0 spiro atoms. The summed E-state index contributed by atoms with van der Waals surface area (Å²) in [6.45, 7) is 2.14. The van der Waals surface area contributed by atoms with Crippen molar-refractivity contribution >= 4 is 23.1 Å². The van der Waals surface area contributed by atoms with Crippen LogP contribution in [-0.4, -0.2) is 38.5 Å². The molecule has 1 aromatic rings. The van der Waals surface area contributed by atoms with Crippen LogP contribution in [0.15, 0.2) is 11.0 Å². The average Bonchev–Trinajstić information content (AvgIpc) is 3.26. The lowest BCUT2D eigenvalue weighted by Gasteiger charge is -2.22. The number of aromatic nitrogens is 2. The predicted molar refractivity (Wildman–Crippen MR) is 139 cm³/mol. The van der Waals surface area contributed by atoms with Crippen LogP contribution < -0.4 is 11.0 Å². The van der Waals surface area contributed by atoms with Gasteiger partial charge in [0.15, 0.2) is 17.9 Å². The zero-order valence-corrected chi connectivity index (χ0v) is 22.9. The number of carbonyl (C=O) groups is 1. The van der Waals surface area contributed by atoms with Gasteiger partial charge in [-0.05, 0) is 6.42 Å². The summed E-state index contributed by atoms with van der Waals surface area (Å²) in [5, 5.41) is 11.9. The fourth-order valence-corrected chi connectivity index (χ4v) is 5.55. The predicted octanol–water partition coefficient (Wildman–Crippen LogP) is 4.83. The van der Waals surface area contributed by atoms with E-state index >= 15 is 0 Å². The van der Waals surface area contributed by atoms with Crippen molar-refractivity contribution in [2.75, 3.05) is 11.9 Å². The minimum Gasteiger partial charge on any atom is -0.348 e. The van der Waals surface area contributed by atoms with E-state index in [4.69, 9.17) is 13.1 Å². The highest BCUT2D eigenvalue weighted by molar-refractivity contribution is 7.75. The van der Waals surface area contributed by atoms with E-state index in [0.717, 1.165) is 30.0 Å². The molecule has 2 saturated heterocycles.